The van der Waals surface area contributed by atoms with Gasteiger partial charge in [0, 0.05) is 5.69 Å². The van der Waals surface area contributed by atoms with Crippen LogP contribution in [0.3, 0.4) is 0 Å². The molecule has 0 N–H and O–H groups in total. The van der Waals surface area contributed by atoms with Crippen LogP contribution in [0, 0.1) is 5.41 Å². The van der Waals surface area contributed by atoms with Crippen molar-refractivity contribution in [2.75, 3.05) is 4.90 Å². The largest absolute Gasteiger partial charge is 0.433 e. The summed E-state index contributed by atoms with van der Waals surface area (Å²) >= 11 is 0. The van der Waals surface area contributed by atoms with Gasteiger partial charge < -0.3 is 4.74 Å². The van der Waals surface area contributed by atoms with Crippen molar-refractivity contribution >= 4 is 23.9 Å². The normalized spacial score (nSPS) is 21.6. The summed E-state index contributed by atoms with van der Waals surface area (Å²) < 4.78 is 5.00. The SMILES string of the molecule is CC1(C)C(=O)OC(N(C=O)c2ccccc2)C1=O. The van der Waals surface area contributed by atoms with Gasteiger partial charge in [-0.15, -0.1) is 0 Å². The van der Waals surface area contributed by atoms with E-state index < -0.39 is 23.4 Å². The maximum Gasteiger partial charge on any atom is 0.321 e. The van der Waals surface area contributed by atoms with E-state index in [9.17, 15) is 14.4 Å². The zero-order chi connectivity index (χ0) is 13.3. The van der Waals surface area contributed by atoms with E-state index in [2.05, 4.69) is 0 Å². The minimum absolute atomic E-state index is 0.413. The molecule has 1 aliphatic heterocycles. The van der Waals surface area contributed by atoms with Gasteiger partial charge in [-0.05, 0) is 26.0 Å². The molecule has 0 bridgehead atoms. The molecule has 2 rings (SSSR count). The molecule has 0 spiro atoms. The Kier molecular flexibility index (Phi) is 2.90. The fourth-order valence-electron chi connectivity index (χ4n) is 1.75. The third kappa shape index (κ3) is 1.77. The molecule has 1 saturated heterocycles. The van der Waals surface area contributed by atoms with Gasteiger partial charge in [0.25, 0.3) is 0 Å². The van der Waals surface area contributed by atoms with E-state index in [4.69, 9.17) is 4.74 Å². The topological polar surface area (TPSA) is 63.7 Å². The molecule has 1 fully saturated rings. The first-order valence-electron chi connectivity index (χ1n) is 5.52. The maximum absolute atomic E-state index is 12.1. The van der Waals surface area contributed by atoms with Crippen molar-refractivity contribution in [1.82, 2.24) is 0 Å². The lowest BCUT2D eigenvalue weighted by molar-refractivity contribution is -0.147. The zero-order valence-electron chi connectivity index (χ0n) is 10.1. The summed E-state index contributed by atoms with van der Waals surface area (Å²) in [4.78, 5) is 35.9. The Labute approximate surface area is 104 Å². The number of hydrogen-bond donors (Lipinski definition) is 0. The molecule has 1 heterocycles. The van der Waals surface area contributed by atoms with Crippen LogP contribution >= 0.6 is 0 Å². The van der Waals surface area contributed by atoms with E-state index in [-0.39, 0.29) is 0 Å². The molecular weight excluding hydrogens is 234 g/mol. The van der Waals surface area contributed by atoms with Gasteiger partial charge in [-0.2, -0.15) is 0 Å². The fraction of sp³-hybridized carbons (Fsp3) is 0.308. The number of ether oxygens (including phenoxy) is 1. The molecule has 5 nitrogen and oxygen atoms in total. The van der Waals surface area contributed by atoms with E-state index in [0.29, 0.717) is 12.1 Å². The molecule has 1 aromatic carbocycles. The summed E-state index contributed by atoms with van der Waals surface area (Å²) in [5, 5.41) is 0. The number of amides is 1. The first kappa shape index (κ1) is 12.3. The van der Waals surface area contributed by atoms with Gasteiger partial charge in [-0.3, -0.25) is 19.3 Å². The Bertz CT molecular complexity index is 495. The van der Waals surface area contributed by atoms with Crippen molar-refractivity contribution in [2.45, 2.75) is 20.1 Å². The molecule has 0 aromatic heterocycles. The minimum atomic E-state index is -1.21. The molecule has 1 aromatic rings. The molecule has 0 saturated carbocycles. The number of cyclic esters (lactones) is 1. The number of benzene rings is 1. The Morgan fingerprint density at radius 2 is 1.83 bits per heavy atom. The fourth-order valence-corrected chi connectivity index (χ4v) is 1.75. The van der Waals surface area contributed by atoms with Gasteiger partial charge in [0.2, 0.25) is 18.4 Å². The van der Waals surface area contributed by atoms with E-state index in [1.165, 1.54) is 13.8 Å². The molecule has 1 unspecified atom stereocenters. The van der Waals surface area contributed by atoms with Gasteiger partial charge in [-0.1, -0.05) is 18.2 Å². The highest BCUT2D eigenvalue weighted by Gasteiger charge is 2.52. The molecule has 94 valence electrons. The lowest BCUT2D eigenvalue weighted by Crippen LogP contribution is -2.41. The highest BCUT2D eigenvalue weighted by atomic mass is 16.6. The lowest BCUT2D eigenvalue weighted by atomic mass is 9.89. The van der Waals surface area contributed by atoms with Crippen LogP contribution < -0.4 is 4.90 Å². The standard InChI is InChI=1S/C13H13NO4/c1-13(2)10(16)11(18-12(13)17)14(8-15)9-6-4-3-5-7-9/h3-8,11H,1-2H3. The van der Waals surface area contributed by atoms with Crippen LogP contribution in [0.1, 0.15) is 13.8 Å². The lowest BCUT2D eigenvalue weighted by Gasteiger charge is -2.22. The van der Waals surface area contributed by atoms with Crippen LogP contribution in [0.15, 0.2) is 30.3 Å². The van der Waals surface area contributed by atoms with E-state index in [1.807, 2.05) is 0 Å². The minimum Gasteiger partial charge on any atom is -0.433 e. The average molecular weight is 247 g/mol. The smallest absolute Gasteiger partial charge is 0.321 e. The van der Waals surface area contributed by atoms with Crippen molar-refractivity contribution in [3.63, 3.8) is 0 Å². The molecule has 1 atom stereocenters. The van der Waals surface area contributed by atoms with Crippen LogP contribution in [-0.2, 0) is 19.1 Å². The number of carbonyl (C=O) groups is 3. The second-order valence-corrected chi connectivity index (χ2v) is 4.60. The molecule has 1 amide bonds. The zero-order valence-corrected chi connectivity index (χ0v) is 10.1. The predicted octanol–water partition coefficient (Wildman–Crippen LogP) is 1.13. The van der Waals surface area contributed by atoms with Crippen molar-refractivity contribution in [1.29, 1.82) is 0 Å². The Balaban J connectivity index is 2.34. The highest BCUT2D eigenvalue weighted by molar-refractivity contribution is 6.12. The molecule has 1 aliphatic rings. The number of anilines is 1. The summed E-state index contributed by atoms with van der Waals surface area (Å²) in [6.07, 6.45) is -0.681. The van der Waals surface area contributed by atoms with Gasteiger partial charge in [-0.25, -0.2) is 0 Å². The summed E-state index contributed by atoms with van der Waals surface area (Å²) in [5.41, 5.74) is -0.697. The predicted molar refractivity (Wildman–Crippen MR) is 63.7 cm³/mol. The molecule has 0 aliphatic carbocycles. The van der Waals surface area contributed by atoms with E-state index in [0.717, 1.165) is 4.90 Å². The van der Waals surface area contributed by atoms with Crippen molar-refractivity contribution in [3.05, 3.63) is 30.3 Å². The Morgan fingerprint density at radius 1 is 1.22 bits per heavy atom. The third-order valence-corrected chi connectivity index (χ3v) is 2.99. The second kappa shape index (κ2) is 4.25. The number of ketones is 1. The van der Waals surface area contributed by atoms with Crippen LogP contribution in [0.4, 0.5) is 5.69 Å². The van der Waals surface area contributed by atoms with Crippen LogP contribution in [-0.4, -0.2) is 24.4 Å². The first-order chi connectivity index (χ1) is 8.48. The number of Topliss-reactive ketones (excluding diaryl/α,β-unsaturated/α-hetero) is 1. The van der Waals surface area contributed by atoms with Crippen molar-refractivity contribution < 1.29 is 19.1 Å². The summed E-state index contributed by atoms with van der Waals surface area (Å²) in [6, 6.07) is 8.59. The quantitative estimate of drug-likeness (QED) is 0.456. The van der Waals surface area contributed by atoms with E-state index >= 15 is 0 Å². The Morgan fingerprint density at radius 3 is 2.28 bits per heavy atom. The maximum atomic E-state index is 12.1. The Hall–Kier alpha value is -2.17. The van der Waals surface area contributed by atoms with Crippen molar-refractivity contribution in [2.24, 2.45) is 5.41 Å². The first-order valence-corrected chi connectivity index (χ1v) is 5.52. The third-order valence-electron chi connectivity index (χ3n) is 2.99. The van der Waals surface area contributed by atoms with E-state index in [1.54, 1.807) is 30.3 Å². The number of rotatable bonds is 3. The summed E-state index contributed by atoms with van der Waals surface area (Å²) in [5.74, 6) is -1.02. The number of para-hydroxylation sites is 1. The summed E-state index contributed by atoms with van der Waals surface area (Å²) in [6.45, 7) is 2.98. The van der Waals surface area contributed by atoms with Gasteiger partial charge in [0.1, 0.15) is 5.41 Å². The highest BCUT2D eigenvalue weighted by Crippen LogP contribution is 2.32. The molecule has 0 radical (unpaired) electrons. The van der Waals surface area contributed by atoms with Gasteiger partial charge >= 0.3 is 5.97 Å². The number of nitrogens with zero attached hydrogens (tertiary/aromatic N) is 1. The number of hydrogen-bond acceptors (Lipinski definition) is 4. The average Bonchev–Trinajstić information content (AvgIpc) is 2.56. The summed E-state index contributed by atoms with van der Waals surface area (Å²) in [7, 11) is 0. The number of esters is 1. The van der Waals surface area contributed by atoms with Gasteiger partial charge in [0.05, 0.1) is 0 Å². The van der Waals surface area contributed by atoms with Gasteiger partial charge in [0.15, 0.2) is 0 Å². The number of carbonyl (C=O) groups excluding carboxylic acids is 3. The molecule has 18 heavy (non-hydrogen) atoms. The van der Waals surface area contributed by atoms with Crippen LogP contribution in [0.25, 0.3) is 0 Å². The molecule has 5 heteroatoms. The second-order valence-electron chi connectivity index (χ2n) is 4.60. The monoisotopic (exact) mass is 247 g/mol. The van der Waals surface area contributed by atoms with Crippen LogP contribution in [0.2, 0.25) is 0 Å². The molecular formula is C13H13NO4. The van der Waals surface area contributed by atoms with Crippen LogP contribution in [0.5, 0.6) is 0 Å². The van der Waals surface area contributed by atoms with Crippen molar-refractivity contribution in [3.8, 4) is 0 Å².